The number of anilines is 1. The van der Waals surface area contributed by atoms with Crippen LogP contribution in [0.4, 0.5) is 5.69 Å². The van der Waals surface area contributed by atoms with E-state index in [1.807, 2.05) is 31.2 Å². The van der Waals surface area contributed by atoms with Gasteiger partial charge in [-0.2, -0.15) is 0 Å². The van der Waals surface area contributed by atoms with Crippen LogP contribution in [0.1, 0.15) is 18.1 Å². The quantitative estimate of drug-likeness (QED) is 0.608. The van der Waals surface area contributed by atoms with Crippen LogP contribution < -0.4 is 9.62 Å². The first kappa shape index (κ1) is 18.9. The van der Waals surface area contributed by atoms with Gasteiger partial charge in [-0.1, -0.05) is 17.7 Å². The zero-order chi connectivity index (χ0) is 18.7. The summed E-state index contributed by atoms with van der Waals surface area (Å²) in [5, 5.41) is 0. The van der Waals surface area contributed by atoms with E-state index in [4.69, 9.17) is 0 Å². The average molecular weight is 391 g/mol. The highest BCUT2D eigenvalue weighted by Crippen LogP contribution is 2.30. The fourth-order valence-corrected chi connectivity index (χ4v) is 4.91. The third kappa shape index (κ3) is 4.28. The van der Waals surface area contributed by atoms with Gasteiger partial charge in [-0.25, -0.2) is 13.1 Å². The average Bonchev–Trinajstić information content (AvgIpc) is 3.04. The number of fused-ring (bicyclic) bond motifs is 1. The van der Waals surface area contributed by atoms with Crippen LogP contribution in [-0.2, 0) is 21.2 Å². The van der Waals surface area contributed by atoms with Gasteiger partial charge in [0.05, 0.1) is 4.90 Å². The molecule has 1 aliphatic rings. The van der Waals surface area contributed by atoms with Crippen molar-refractivity contribution < 1.29 is 13.2 Å². The number of benzene rings is 2. The van der Waals surface area contributed by atoms with Crippen molar-refractivity contribution in [2.75, 3.05) is 23.7 Å². The highest BCUT2D eigenvalue weighted by Gasteiger charge is 2.24. The first-order valence-corrected chi connectivity index (χ1v) is 10.9. The van der Waals surface area contributed by atoms with E-state index in [0.717, 1.165) is 16.1 Å². The fraction of sp³-hybridized carbons (Fsp3) is 0.316. The molecule has 0 saturated carbocycles. The first-order valence-electron chi connectivity index (χ1n) is 8.47. The zero-order valence-electron chi connectivity index (χ0n) is 14.9. The molecule has 7 heteroatoms. The molecule has 0 unspecified atom stereocenters. The summed E-state index contributed by atoms with van der Waals surface area (Å²) >= 11 is 1.62. The molecule has 0 aliphatic carbocycles. The molecular weight excluding hydrogens is 368 g/mol. The van der Waals surface area contributed by atoms with E-state index >= 15 is 0 Å². The molecule has 0 saturated heterocycles. The van der Waals surface area contributed by atoms with Crippen molar-refractivity contribution in [3.05, 3.63) is 53.6 Å². The van der Waals surface area contributed by atoms with Crippen molar-refractivity contribution in [3.8, 4) is 0 Å². The molecule has 1 amide bonds. The molecule has 1 N–H and O–H groups in total. The Hall–Kier alpha value is -1.83. The van der Waals surface area contributed by atoms with Crippen LogP contribution >= 0.6 is 11.8 Å². The van der Waals surface area contributed by atoms with E-state index in [1.165, 1.54) is 12.5 Å². The van der Waals surface area contributed by atoms with Gasteiger partial charge >= 0.3 is 0 Å². The molecular formula is C19H22N2O3S2. The Bertz CT molecular complexity index is 909. The fourth-order valence-electron chi connectivity index (χ4n) is 2.94. The zero-order valence-corrected chi connectivity index (χ0v) is 16.5. The number of rotatable bonds is 6. The number of hydrogen-bond donors (Lipinski definition) is 1. The molecule has 1 aliphatic heterocycles. The maximum atomic E-state index is 12.5. The van der Waals surface area contributed by atoms with Crippen LogP contribution in [0.25, 0.3) is 0 Å². The lowest BCUT2D eigenvalue weighted by Crippen LogP contribution is -2.26. The minimum absolute atomic E-state index is 0.0226. The molecule has 0 spiro atoms. The van der Waals surface area contributed by atoms with Crippen LogP contribution in [0.2, 0.25) is 0 Å². The van der Waals surface area contributed by atoms with Crippen LogP contribution in [0.5, 0.6) is 0 Å². The van der Waals surface area contributed by atoms with Gasteiger partial charge in [0.1, 0.15) is 0 Å². The van der Waals surface area contributed by atoms with Gasteiger partial charge in [-0.3, -0.25) is 4.79 Å². The van der Waals surface area contributed by atoms with Crippen molar-refractivity contribution in [1.29, 1.82) is 0 Å². The van der Waals surface area contributed by atoms with E-state index in [0.29, 0.717) is 25.3 Å². The van der Waals surface area contributed by atoms with Crippen LogP contribution in [0, 0.1) is 6.92 Å². The number of aryl methyl sites for hydroxylation is 1. The summed E-state index contributed by atoms with van der Waals surface area (Å²) < 4.78 is 27.7. The number of sulfonamides is 1. The number of nitrogens with one attached hydrogen (secondary N) is 1. The van der Waals surface area contributed by atoms with E-state index in [1.54, 1.807) is 34.9 Å². The molecule has 5 nitrogen and oxygen atoms in total. The topological polar surface area (TPSA) is 66.5 Å². The molecule has 0 fully saturated rings. The molecule has 0 aromatic heterocycles. The number of amides is 1. The van der Waals surface area contributed by atoms with Gasteiger partial charge in [0, 0.05) is 36.3 Å². The van der Waals surface area contributed by atoms with E-state index < -0.39 is 10.0 Å². The Balaban J connectivity index is 1.60. The summed E-state index contributed by atoms with van der Waals surface area (Å²) in [4.78, 5) is 14.6. The summed E-state index contributed by atoms with van der Waals surface area (Å²) in [6.45, 7) is 4.52. The van der Waals surface area contributed by atoms with Gasteiger partial charge in [-0.15, -0.1) is 11.8 Å². The first-order chi connectivity index (χ1) is 12.4. The Morgan fingerprint density at radius 3 is 2.62 bits per heavy atom. The molecule has 0 bridgehead atoms. The summed E-state index contributed by atoms with van der Waals surface area (Å²) in [7, 11) is -3.55. The lowest BCUT2D eigenvalue weighted by molar-refractivity contribution is -0.116. The van der Waals surface area contributed by atoms with Crippen molar-refractivity contribution in [3.63, 3.8) is 0 Å². The Morgan fingerprint density at radius 2 is 1.92 bits per heavy atom. The Kier molecular flexibility index (Phi) is 5.70. The molecule has 1 heterocycles. The molecule has 26 heavy (non-hydrogen) atoms. The van der Waals surface area contributed by atoms with Gasteiger partial charge in [0.15, 0.2) is 0 Å². The number of carbonyl (C=O) groups is 1. The van der Waals surface area contributed by atoms with Crippen molar-refractivity contribution in [1.82, 2.24) is 4.72 Å². The second-order valence-electron chi connectivity index (χ2n) is 6.27. The minimum atomic E-state index is -3.55. The molecule has 0 radical (unpaired) electrons. The normalized spacial score (nSPS) is 13.7. The Morgan fingerprint density at radius 1 is 1.19 bits per heavy atom. The van der Waals surface area contributed by atoms with E-state index in [2.05, 4.69) is 4.72 Å². The summed E-state index contributed by atoms with van der Waals surface area (Å²) in [5.74, 6) is 0.636. The van der Waals surface area contributed by atoms with Crippen LogP contribution in [0.15, 0.2) is 52.3 Å². The van der Waals surface area contributed by atoms with Crippen molar-refractivity contribution in [2.45, 2.75) is 30.1 Å². The van der Waals surface area contributed by atoms with E-state index in [-0.39, 0.29) is 10.8 Å². The standard InChI is InChI=1S/C19H22N2O3S2/c1-14-3-5-17(6-4-14)25-12-10-20-26(23,24)18-7-8-19-16(13-18)9-11-21(19)15(2)22/h3-8,13,20H,9-12H2,1-2H3. The monoisotopic (exact) mass is 390 g/mol. The third-order valence-corrected chi connectivity index (χ3v) is 6.79. The maximum absolute atomic E-state index is 12.5. The van der Waals surface area contributed by atoms with Gasteiger partial charge in [0.2, 0.25) is 15.9 Å². The predicted octanol–water partition coefficient (Wildman–Crippen LogP) is 2.97. The largest absolute Gasteiger partial charge is 0.312 e. The lowest BCUT2D eigenvalue weighted by atomic mass is 10.2. The van der Waals surface area contributed by atoms with Crippen LogP contribution in [-0.4, -0.2) is 33.2 Å². The molecule has 3 rings (SSSR count). The van der Waals surface area contributed by atoms with Crippen molar-refractivity contribution >= 4 is 33.4 Å². The lowest BCUT2D eigenvalue weighted by Gasteiger charge is -2.15. The number of nitrogens with zero attached hydrogens (tertiary/aromatic N) is 1. The second kappa shape index (κ2) is 7.82. The minimum Gasteiger partial charge on any atom is -0.312 e. The highest BCUT2D eigenvalue weighted by molar-refractivity contribution is 7.99. The van der Waals surface area contributed by atoms with Gasteiger partial charge in [0.25, 0.3) is 0 Å². The predicted molar refractivity (Wildman–Crippen MR) is 105 cm³/mol. The summed E-state index contributed by atoms with van der Waals surface area (Å²) in [6.07, 6.45) is 0.682. The summed E-state index contributed by atoms with van der Waals surface area (Å²) in [5.41, 5.74) is 2.92. The number of thioether (sulfide) groups is 1. The summed E-state index contributed by atoms with van der Waals surface area (Å²) in [6, 6.07) is 13.1. The highest BCUT2D eigenvalue weighted by atomic mass is 32.2. The smallest absolute Gasteiger partial charge is 0.240 e. The number of carbonyl (C=O) groups excluding carboxylic acids is 1. The van der Waals surface area contributed by atoms with Crippen molar-refractivity contribution in [2.24, 2.45) is 0 Å². The van der Waals surface area contributed by atoms with Crippen LogP contribution in [0.3, 0.4) is 0 Å². The second-order valence-corrected chi connectivity index (χ2v) is 9.21. The Labute approximate surface area is 158 Å². The van der Waals surface area contributed by atoms with Gasteiger partial charge in [-0.05, 0) is 49.2 Å². The molecule has 138 valence electrons. The molecule has 2 aromatic rings. The maximum Gasteiger partial charge on any atom is 0.240 e. The van der Waals surface area contributed by atoms with Gasteiger partial charge < -0.3 is 4.90 Å². The SMILES string of the molecule is CC(=O)N1CCc2cc(S(=O)(=O)NCCSc3ccc(C)cc3)ccc21. The number of hydrogen-bond acceptors (Lipinski definition) is 4. The molecule has 2 aromatic carbocycles. The third-order valence-electron chi connectivity index (χ3n) is 4.32. The van der Waals surface area contributed by atoms with E-state index in [9.17, 15) is 13.2 Å². The molecule has 0 atom stereocenters.